The van der Waals surface area contributed by atoms with E-state index in [0.29, 0.717) is 0 Å². The molecule has 0 aliphatic carbocycles. The van der Waals surface area contributed by atoms with Gasteiger partial charge in [-0.2, -0.15) is 0 Å². The molecule has 1 heterocycles. The largest absolute Gasteiger partial charge is 0.376 e. The summed E-state index contributed by atoms with van der Waals surface area (Å²) in [7, 11) is 0. The van der Waals surface area contributed by atoms with Gasteiger partial charge in [0, 0.05) is 30.6 Å². The van der Waals surface area contributed by atoms with Crippen LogP contribution in [0.2, 0.25) is 0 Å². The first kappa shape index (κ1) is 14.2. The zero-order valence-corrected chi connectivity index (χ0v) is 12.1. The molecular formula is C16H23NO2. The average Bonchev–Trinajstić information content (AvgIpc) is 2.38. The smallest absolute Gasteiger partial charge is 0.169 e. The Morgan fingerprint density at radius 1 is 1.37 bits per heavy atom. The summed E-state index contributed by atoms with van der Waals surface area (Å²) >= 11 is 0. The number of hydrogen-bond acceptors (Lipinski definition) is 3. The molecule has 1 fully saturated rings. The average molecular weight is 261 g/mol. The van der Waals surface area contributed by atoms with E-state index in [1.165, 1.54) is 0 Å². The molecule has 0 radical (unpaired) electrons. The van der Waals surface area contributed by atoms with Gasteiger partial charge in [0.2, 0.25) is 0 Å². The van der Waals surface area contributed by atoms with E-state index in [0.717, 1.165) is 31.8 Å². The summed E-state index contributed by atoms with van der Waals surface area (Å²) in [5, 5.41) is 0. The number of rotatable bonds is 4. The Bertz CT molecular complexity index is 428. The Morgan fingerprint density at radius 3 is 2.68 bits per heavy atom. The molecule has 0 bridgehead atoms. The minimum absolute atomic E-state index is 0.215. The highest BCUT2D eigenvalue weighted by atomic mass is 16.5. The van der Waals surface area contributed by atoms with Gasteiger partial charge >= 0.3 is 0 Å². The predicted molar refractivity (Wildman–Crippen MR) is 76.4 cm³/mol. The molecule has 1 saturated heterocycles. The number of benzene rings is 1. The van der Waals surface area contributed by atoms with Crippen LogP contribution in [0.5, 0.6) is 0 Å². The Balaban J connectivity index is 2.03. The molecule has 0 saturated carbocycles. The van der Waals surface area contributed by atoms with Crippen molar-refractivity contribution in [1.29, 1.82) is 0 Å². The lowest BCUT2D eigenvalue weighted by Crippen LogP contribution is -2.47. The van der Waals surface area contributed by atoms with Crippen molar-refractivity contribution in [1.82, 2.24) is 4.90 Å². The summed E-state index contributed by atoms with van der Waals surface area (Å²) < 4.78 is 5.54. The van der Waals surface area contributed by atoms with E-state index in [1.54, 1.807) is 0 Å². The van der Waals surface area contributed by atoms with Crippen LogP contribution in [-0.4, -0.2) is 43.0 Å². The van der Waals surface area contributed by atoms with Crippen LogP contribution in [0, 0.1) is 5.41 Å². The maximum Gasteiger partial charge on any atom is 0.169 e. The van der Waals surface area contributed by atoms with Gasteiger partial charge in [-0.05, 0) is 6.92 Å². The highest BCUT2D eigenvalue weighted by Gasteiger charge is 2.32. The van der Waals surface area contributed by atoms with Gasteiger partial charge in [0.15, 0.2) is 5.78 Å². The third-order valence-corrected chi connectivity index (χ3v) is 3.59. The number of carbonyl (C=O) groups is 1. The summed E-state index contributed by atoms with van der Waals surface area (Å²) in [6.45, 7) is 9.51. The third kappa shape index (κ3) is 3.64. The van der Waals surface area contributed by atoms with Crippen molar-refractivity contribution in [2.24, 2.45) is 5.41 Å². The fraction of sp³-hybridized carbons (Fsp3) is 0.562. The fourth-order valence-corrected chi connectivity index (χ4v) is 2.65. The molecule has 2 rings (SSSR count). The summed E-state index contributed by atoms with van der Waals surface area (Å²) in [6.07, 6.45) is 0.261. The van der Waals surface area contributed by atoms with E-state index in [1.807, 2.05) is 44.2 Å². The van der Waals surface area contributed by atoms with Gasteiger partial charge in [0.05, 0.1) is 12.7 Å². The maximum atomic E-state index is 12.6. The lowest BCUT2D eigenvalue weighted by molar-refractivity contribution is -0.0272. The van der Waals surface area contributed by atoms with Crippen LogP contribution in [-0.2, 0) is 4.74 Å². The van der Waals surface area contributed by atoms with Crippen LogP contribution in [0.25, 0.3) is 0 Å². The second-order valence-electron chi connectivity index (χ2n) is 6.00. The van der Waals surface area contributed by atoms with Crippen molar-refractivity contribution in [2.45, 2.75) is 26.9 Å². The van der Waals surface area contributed by atoms with Gasteiger partial charge in [-0.25, -0.2) is 0 Å². The zero-order valence-electron chi connectivity index (χ0n) is 12.1. The topological polar surface area (TPSA) is 29.5 Å². The highest BCUT2D eigenvalue weighted by molar-refractivity contribution is 6.00. The Morgan fingerprint density at radius 2 is 2.05 bits per heavy atom. The molecule has 0 amide bonds. The zero-order chi connectivity index (χ0) is 13.9. The Hall–Kier alpha value is -1.19. The van der Waals surface area contributed by atoms with E-state index in [-0.39, 0.29) is 17.3 Å². The number of nitrogens with zero attached hydrogens (tertiary/aromatic N) is 1. The monoisotopic (exact) mass is 261 g/mol. The van der Waals surface area contributed by atoms with Crippen molar-refractivity contribution in [3.8, 4) is 0 Å². The molecule has 1 aliphatic heterocycles. The lowest BCUT2D eigenvalue weighted by Gasteiger charge is -2.36. The van der Waals surface area contributed by atoms with E-state index in [2.05, 4.69) is 11.8 Å². The Kier molecular flexibility index (Phi) is 4.38. The van der Waals surface area contributed by atoms with E-state index < -0.39 is 0 Å². The molecule has 0 spiro atoms. The second kappa shape index (κ2) is 5.85. The molecule has 1 unspecified atom stereocenters. The van der Waals surface area contributed by atoms with Crippen LogP contribution in [0.3, 0.4) is 0 Å². The molecule has 1 atom stereocenters. The van der Waals surface area contributed by atoms with Crippen LogP contribution in [0.1, 0.15) is 31.1 Å². The van der Waals surface area contributed by atoms with Crippen molar-refractivity contribution in [3.63, 3.8) is 0 Å². The molecular weight excluding hydrogens is 238 g/mol. The van der Waals surface area contributed by atoms with Crippen LogP contribution < -0.4 is 0 Å². The van der Waals surface area contributed by atoms with E-state index >= 15 is 0 Å². The summed E-state index contributed by atoms with van der Waals surface area (Å²) in [5.74, 6) is 0.215. The van der Waals surface area contributed by atoms with Gasteiger partial charge in [0.1, 0.15) is 0 Å². The summed E-state index contributed by atoms with van der Waals surface area (Å²) in [5.41, 5.74) is 0.437. The number of Topliss-reactive ketones (excluding diaryl/α,β-unsaturated/α-hetero) is 1. The molecule has 3 nitrogen and oxygen atoms in total. The van der Waals surface area contributed by atoms with Gasteiger partial charge < -0.3 is 4.74 Å². The van der Waals surface area contributed by atoms with Gasteiger partial charge in [-0.15, -0.1) is 0 Å². The SMILES string of the molecule is CC1CN(CC(C)(C)C(=O)c2ccccc2)CCO1. The molecule has 3 heteroatoms. The minimum Gasteiger partial charge on any atom is -0.376 e. The van der Waals surface area contributed by atoms with Crippen LogP contribution in [0.15, 0.2) is 30.3 Å². The normalized spacial score (nSPS) is 21.3. The van der Waals surface area contributed by atoms with Gasteiger partial charge in [-0.3, -0.25) is 9.69 Å². The molecule has 0 aromatic heterocycles. The van der Waals surface area contributed by atoms with E-state index in [9.17, 15) is 4.79 Å². The minimum atomic E-state index is -0.363. The van der Waals surface area contributed by atoms with Crippen molar-refractivity contribution in [2.75, 3.05) is 26.2 Å². The number of ketones is 1. The molecule has 1 aromatic carbocycles. The van der Waals surface area contributed by atoms with Crippen molar-refractivity contribution >= 4 is 5.78 Å². The number of carbonyl (C=O) groups excluding carboxylic acids is 1. The summed E-state index contributed by atoms with van der Waals surface area (Å²) in [6, 6.07) is 9.56. The predicted octanol–water partition coefficient (Wildman–Crippen LogP) is 2.62. The van der Waals surface area contributed by atoms with Crippen LogP contribution in [0.4, 0.5) is 0 Å². The lowest BCUT2D eigenvalue weighted by atomic mass is 9.83. The fourth-order valence-electron chi connectivity index (χ4n) is 2.65. The first-order valence-electron chi connectivity index (χ1n) is 6.93. The quantitative estimate of drug-likeness (QED) is 0.780. The summed E-state index contributed by atoms with van der Waals surface area (Å²) in [4.78, 5) is 14.9. The van der Waals surface area contributed by atoms with Crippen molar-refractivity contribution in [3.05, 3.63) is 35.9 Å². The second-order valence-corrected chi connectivity index (χ2v) is 6.00. The molecule has 104 valence electrons. The molecule has 19 heavy (non-hydrogen) atoms. The third-order valence-electron chi connectivity index (χ3n) is 3.59. The van der Waals surface area contributed by atoms with Crippen LogP contribution >= 0.6 is 0 Å². The van der Waals surface area contributed by atoms with Crippen molar-refractivity contribution < 1.29 is 9.53 Å². The first-order chi connectivity index (χ1) is 8.99. The Labute approximate surface area is 115 Å². The van der Waals surface area contributed by atoms with Gasteiger partial charge in [0.25, 0.3) is 0 Å². The number of hydrogen-bond donors (Lipinski definition) is 0. The molecule has 0 N–H and O–H groups in total. The maximum absolute atomic E-state index is 12.6. The standard InChI is InChI=1S/C16H23NO2/c1-13-11-17(9-10-19-13)12-16(2,3)15(18)14-7-5-4-6-8-14/h4-8,13H,9-12H2,1-3H3. The first-order valence-corrected chi connectivity index (χ1v) is 6.93. The molecule has 1 aliphatic rings. The van der Waals surface area contributed by atoms with Gasteiger partial charge in [-0.1, -0.05) is 44.2 Å². The van der Waals surface area contributed by atoms with E-state index in [4.69, 9.17) is 4.74 Å². The number of morpholine rings is 1. The highest BCUT2D eigenvalue weighted by Crippen LogP contribution is 2.24. The molecule has 1 aromatic rings. The number of ether oxygens (including phenoxy) is 1.